The molecule has 0 spiro atoms. The summed E-state index contributed by atoms with van der Waals surface area (Å²) in [4.78, 5) is 26.8. The Morgan fingerprint density at radius 1 is 1.14 bits per heavy atom. The average Bonchev–Trinajstić information content (AvgIpc) is 2.97. The second kappa shape index (κ2) is 10.2. The van der Waals surface area contributed by atoms with Crippen LogP contribution in [0.5, 0.6) is 5.75 Å². The minimum absolute atomic E-state index is 0.0472. The lowest BCUT2D eigenvalue weighted by Gasteiger charge is -2.14. The van der Waals surface area contributed by atoms with Crippen molar-refractivity contribution in [2.45, 2.75) is 19.3 Å². The standard InChI is InChI=1S/C22H22N2O3S2/c25-18-10-8-16(9-11-18)12-13-23-20(26)7-4-14-24-21(27)19(29-22(24)28)15-17-5-2-1-3-6-17/h1-3,5-6,8-11,15,25H,4,7,12-14H2,(H,23,26). The molecule has 3 rings (SSSR count). The maximum absolute atomic E-state index is 12.6. The number of thioether (sulfide) groups is 1. The number of phenols is 1. The molecule has 0 aliphatic carbocycles. The first kappa shape index (κ1) is 21.1. The van der Waals surface area contributed by atoms with Crippen molar-refractivity contribution in [3.63, 3.8) is 0 Å². The van der Waals surface area contributed by atoms with Crippen LogP contribution in [0.2, 0.25) is 0 Å². The van der Waals surface area contributed by atoms with Gasteiger partial charge in [0.1, 0.15) is 10.1 Å². The smallest absolute Gasteiger partial charge is 0.266 e. The highest BCUT2D eigenvalue weighted by Crippen LogP contribution is 2.32. The molecule has 2 amide bonds. The van der Waals surface area contributed by atoms with Gasteiger partial charge in [0.25, 0.3) is 5.91 Å². The molecule has 0 unspecified atom stereocenters. The summed E-state index contributed by atoms with van der Waals surface area (Å²) >= 11 is 6.63. The van der Waals surface area contributed by atoms with Crippen LogP contribution in [0.3, 0.4) is 0 Å². The highest BCUT2D eigenvalue weighted by molar-refractivity contribution is 8.26. The molecule has 1 saturated heterocycles. The Bertz CT molecular complexity index is 911. The monoisotopic (exact) mass is 426 g/mol. The van der Waals surface area contributed by atoms with Crippen molar-refractivity contribution in [1.82, 2.24) is 10.2 Å². The highest BCUT2D eigenvalue weighted by atomic mass is 32.2. The lowest BCUT2D eigenvalue weighted by molar-refractivity contribution is -0.123. The topological polar surface area (TPSA) is 69.6 Å². The van der Waals surface area contributed by atoms with Crippen LogP contribution in [0, 0.1) is 0 Å². The van der Waals surface area contributed by atoms with E-state index in [9.17, 15) is 14.7 Å². The molecule has 5 nitrogen and oxygen atoms in total. The lowest BCUT2D eigenvalue weighted by atomic mass is 10.1. The molecular formula is C22H22N2O3S2. The van der Waals surface area contributed by atoms with Crippen LogP contribution < -0.4 is 5.32 Å². The van der Waals surface area contributed by atoms with E-state index in [0.717, 1.165) is 11.1 Å². The molecule has 29 heavy (non-hydrogen) atoms. The zero-order valence-electron chi connectivity index (χ0n) is 15.8. The second-order valence-electron chi connectivity index (χ2n) is 6.61. The SMILES string of the molecule is O=C(CCCN1C(=O)C(=Cc2ccccc2)SC1=S)NCCc1ccc(O)cc1. The summed E-state index contributed by atoms with van der Waals surface area (Å²) in [6.45, 7) is 0.965. The van der Waals surface area contributed by atoms with E-state index in [-0.39, 0.29) is 17.6 Å². The van der Waals surface area contributed by atoms with E-state index in [1.54, 1.807) is 17.0 Å². The molecule has 150 valence electrons. The molecule has 1 aliphatic heterocycles. The molecule has 0 radical (unpaired) electrons. The van der Waals surface area contributed by atoms with Crippen LogP contribution in [0.25, 0.3) is 6.08 Å². The molecule has 0 atom stereocenters. The second-order valence-corrected chi connectivity index (χ2v) is 8.29. The number of phenolic OH excluding ortho intramolecular Hbond substituents is 1. The first-order chi connectivity index (χ1) is 14.0. The fourth-order valence-electron chi connectivity index (χ4n) is 2.89. The van der Waals surface area contributed by atoms with E-state index in [0.29, 0.717) is 41.6 Å². The number of hydrogen-bond donors (Lipinski definition) is 2. The summed E-state index contributed by atoms with van der Waals surface area (Å²) in [6, 6.07) is 16.6. The van der Waals surface area contributed by atoms with Gasteiger partial charge in [-0.05, 0) is 42.2 Å². The minimum Gasteiger partial charge on any atom is -0.508 e. The van der Waals surface area contributed by atoms with E-state index in [2.05, 4.69) is 5.32 Å². The number of thiocarbonyl (C=S) groups is 1. The molecule has 7 heteroatoms. The number of benzene rings is 2. The van der Waals surface area contributed by atoms with Crippen molar-refractivity contribution >= 4 is 46.2 Å². The summed E-state index contributed by atoms with van der Waals surface area (Å²) in [5.74, 6) is 0.0812. The maximum atomic E-state index is 12.6. The molecule has 2 aromatic rings. The highest BCUT2D eigenvalue weighted by Gasteiger charge is 2.31. The third-order valence-electron chi connectivity index (χ3n) is 4.43. The third kappa shape index (κ3) is 6.17. The number of hydrogen-bond acceptors (Lipinski definition) is 5. The van der Waals surface area contributed by atoms with Crippen LogP contribution in [0.1, 0.15) is 24.0 Å². The molecule has 1 heterocycles. The molecule has 1 fully saturated rings. The Morgan fingerprint density at radius 3 is 2.59 bits per heavy atom. The van der Waals surface area contributed by atoms with Crippen molar-refractivity contribution in [2.75, 3.05) is 13.1 Å². The summed E-state index contributed by atoms with van der Waals surface area (Å²) in [6.07, 6.45) is 3.43. The van der Waals surface area contributed by atoms with Crippen molar-refractivity contribution in [3.05, 3.63) is 70.6 Å². The van der Waals surface area contributed by atoms with Crippen molar-refractivity contribution < 1.29 is 14.7 Å². The Hall–Kier alpha value is -2.64. The average molecular weight is 427 g/mol. The Kier molecular flexibility index (Phi) is 7.43. The summed E-state index contributed by atoms with van der Waals surface area (Å²) in [5, 5.41) is 12.2. The Morgan fingerprint density at radius 2 is 1.86 bits per heavy atom. The van der Waals surface area contributed by atoms with Gasteiger partial charge in [0.2, 0.25) is 5.91 Å². The molecule has 2 aromatic carbocycles. The third-order valence-corrected chi connectivity index (χ3v) is 5.81. The molecule has 1 aliphatic rings. The number of amides is 2. The maximum Gasteiger partial charge on any atom is 0.266 e. The van der Waals surface area contributed by atoms with Crippen LogP contribution >= 0.6 is 24.0 Å². The molecule has 0 bridgehead atoms. The van der Waals surface area contributed by atoms with Gasteiger partial charge in [0, 0.05) is 19.5 Å². The summed E-state index contributed by atoms with van der Waals surface area (Å²) in [7, 11) is 0. The first-order valence-electron chi connectivity index (χ1n) is 9.38. The van der Waals surface area contributed by atoms with Gasteiger partial charge in [0.05, 0.1) is 4.91 Å². The van der Waals surface area contributed by atoms with Crippen LogP contribution in [0.15, 0.2) is 59.5 Å². The molecule has 0 aromatic heterocycles. The van der Waals surface area contributed by atoms with E-state index in [1.807, 2.05) is 48.5 Å². The van der Waals surface area contributed by atoms with Crippen LogP contribution in [-0.4, -0.2) is 39.2 Å². The predicted molar refractivity (Wildman–Crippen MR) is 120 cm³/mol. The minimum atomic E-state index is -0.100. The van der Waals surface area contributed by atoms with Gasteiger partial charge in [-0.1, -0.05) is 66.4 Å². The summed E-state index contributed by atoms with van der Waals surface area (Å²) < 4.78 is 0.532. The number of carbonyl (C=O) groups excluding carboxylic acids is 2. The molecular weight excluding hydrogens is 404 g/mol. The van der Waals surface area contributed by atoms with E-state index in [4.69, 9.17) is 12.2 Å². The van der Waals surface area contributed by atoms with Gasteiger partial charge < -0.3 is 10.4 Å². The fraction of sp³-hybridized carbons (Fsp3) is 0.227. The normalized spacial score (nSPS) is 15.2. The van der Waals surface area contributed by atoms with Gasteiger partial charge in [0.15, 0.2) is 0 Å². The van der Waals surface area contributed by atoms with Gasteiger partial charge in [-0.15, -0.1) is 0 Å². The molecule has 0 saturated carbocycles. The van der Waals surface area contributed by atoms with Crippen molar-refractivity contribution in [2.24, 2.45) is 0 Å². The number of nitrogens with one attached hydrogen (secondary N) is 1. The van der Waals surface area contributed by atoms with Crippen molar-refractivity contribution in [3.8, 4) is 5.75 Å². The fourth-order valence-corrected chi connectivity index (χ4v) is 4.20. The molecule has 2 N–H and O–H groups in total. The predicted octanol–water partition coefficient (Wildman–Crippen LogP) is 3.73. The van der Waals surface area contributed by atoms with Crippen LogP contribution in [-0.2, 0) is 16.0 Å². The van der Waals surface area contributed by atoms with Crippen molar-refractivity contribution in [1.29, 1.82) is 0 Å². The Labute approximate surface area is 179 Å². The largest absolute Gasteiger partial charge is 0.508 e. The number of aromatic hydroxyl groups is 1. The van der Waals surface area contributed by atoms with Gasteiger partial charge in [-0.2, -0.15) is 0 Å². The van der Waals surface area contributed by atoms with Gasteiger partial charge in [-0.25, -0.2) is 0 Å². The Balaban J connectivity index is 1.41. The quantitative estimate of drug-likeness (QED) is 0.497. The van der Waals surface area contributed by atoms with Gasteiger partial charge >= 0.3 is 0 Å². The lowest BCUT2D eigenvalue weighted by Crippen LogP contribution is -2.31. The number of nitrogens with zero attached hydrogens (tertiary/aromatic N) is 1. The number of rotatable bonds is 8. The van der Waals surface area contributed by atoms with Crippen LogP contribution in [0.4, 0.5) is 0 Å². The number of carbonyl (C=O) groups is 2. The zero-order valence-corrected chi connectivity index (χ0v) is 17.5. The van der Waals surface area contributed by atoms with E-state index in [1.165, 1.54) is 11.8 Å². The van der Waals surface area contributed by atoms with E-state index >= 15 is 0 Å². The summed E-state index contributed by atoms with van der Waals surface area (Å²) in [5.41, 5.74) is 2.01. The zero-order chi connectivity index (χ0) is 20.6. The first-order valence-corrected chi connectivity index (χ1v) is 10.6. The van der Waals surface area contributed by atoms with E-state index < -0.39 is 0 Å². The van der Waals surface area contributed by atoms with Gasteiger partial charge in [-0.3, -0.25) is 14.5 Å².